The number of fused-ring (bicyclic) bond motifs is 3. The third-order valence-corrected chi connectivity index (χ3v) is 13.2. The van der Waals surface area contributed by atoms with Gasteiger partial charge in [-0.2, -0.15) is 0 Å². The van der Waals surface area contributed by atoms with Crippen LogP contribution in [0.15, 0.2) is 267 Å². The van der Waals surface area contributed by atoms with E-state index in [4.69, 9.17) is 0 Å². The smallest absolute Gasteiger partial charge is 0.175 e. The van der Waals surface area contributed by atoms with E-state index in [0.717, 1.165) is 56.4 Å². The van der Waals surface area contributed by atoms with Crippen molar-refractivity contribution in [1.82, 2.24) is 0 Å². The van der Waals surface area contributed by atoms with Gasteiger partial charge in [-0.05, 0) is 93.5 Å². The van der Waals surface area contributed by atoms with Crippen molar-refractivity contribution in [3.8, 4) is 22.3 Å². The third-order valence-electron chi connectivity index (χ3n) is 13.2. The van der Waals surface area contributed by atoms with Crippen molar-refractivity contribution >= 4 is 39.8 Å². The van der Waals surface area contributed by atoms with Gasteiger partial charge in [0.25, 0.3) is 0 Å². The first-order chi connectivity index (χ1) is 32.3. The zero-order valence-corrected chi connectivity index (χ0v) is 35.8. The van der Waals surface area contributed by atoms with E-state index < -0.39 is 5.66 Å². The fourth-order valence-corrected chi connectivity index (χ4v) is 10.5. The summed E-state index contributed by atoms with van der Waals surface area (Å²) in [6.45, 7) is 0. The zero-order valence-electron chi connectivity index (χ0n) is 35.8. The van der Waals surface area contributed by atoms with Crippen molar-refractivity contribution in [1.29, 1.82) is 0 Å². The van der Waals surface area contributed by atoms with Crippen LogP contribution in [-0.2, 0) is 5.66 Å². The summed E-state index contributed by atoms with van der Waals surface area (Å²) < 4.78 is 0. The van der Waals surface area contributed by atoms with Crippen LogP contribution < -0.4 is 14.7 Å². The lowest BCUT2D eigenvalue weighted by atomic mass is 9.79. The highest BCUT2D eigenvalue weighted by atomic mass is 15.5. The Kier molecular flexibility index (Phi) is 9.46. The van der Waals surface area contributed by atoms with Crippen molar-refractivity contribution in [3.63, 3.8) is 0 Å². The Morgan fingerprint density at radius 1 is 0.277 bits per heavy atom. The monoisotopic (exact) mass is 831 g/mol. The quantitative estimate of drug-likeness (QED) is 0.151. The van der Waals surface area contributed by atoms with Gasteiger partial charge in [-0.1, -0.05) is 212 Å². The van der Waals surface area contributed by atoms with E-state index >= 15 is 0 Å². The summed E-state index contributed by atoms with van der Waals surface area (Å²) >= 11 is 0. The minimum atomic E-state index is -0.897. The first-order valence-electron chi connectivity index (χ1n) is 22.5. The minimum Gasteiger partial charge on any atom is -0.310 e. The predicted molar refractivity (Wildman–Crippen MR) is 270 cm³/mol. The lowest BCUT2D eigenvalue weighted by Gasteiger charge is -2.47. The van der Waals surface area contributed by atoms with Gasteiger partial charge in [-0.3, -0.25) is 0 Å². The molecule has 2 aliphatic heterocycles. The van der Waals surface area contributed by atoms with Crippen LogP contribution in [-0.4, -0.2) is 0 Å². The maximum atomic E-state index is 2.63. The highest BCUT2D eigenvalue weighted by Crippen LogP contribution is 2.63. The van der Waals surface area contributed by atoms with Gasteiger partial charge in [0.05, 0.1) is 22.7 Å². The highest BCUT2D eigenvalue weighted by Gasteiger charge is 2.55. The molecular formula is C62H45N3. The molecule has 0 N–H and O–H groups in total. The fraction of sp³-hybridized carbons (Fsp3) is 0.0323. The first-order valence-corrected chi connectivity index (χ1v) is 22.5. The Hall–Kier alpha value is -8.40. The van der Waals surface area contributed by atoms with Crippen LogP contribution in [0.2, 0.25) is 0 Å². The minimum absolute atomic E-state index is 0.0246. The van der Waals surface area contributed by atoms with Crippen molar-refractivity contribution in [2.24, 2.45) is 0 Å². The van der Waals surface area contributed by atoms with Gasteiger partial charge in [0.2, 0.25) is 0 Å². The zero-order chi connectivity index (χ0) is 43.2. The topological polar surface area (TPSA) is 9.72 Å². The second kappa shape index (κ2) is 16.1. The molecule has 308 valence electrons. The summed E-state index contributed by atoms with van der Waals surface area (Å²) in [5.74, 6) is -0.0246. The number of hydrogen-bond donors (Lipinski definition) is 0. The summed E-state index contributed by atoms with van der Waals surface area (Å²) in [5, 5.41) is 0. The van der Waals surface area contributed by atoms with Gasteiger partial charge in [0, 0.05) is 34.1 Å². The molecule has 0 aliphatic carbocycles. The van der Waals surface area contributed by atoms with Crippen molar-refractivity contribution in [2.45, 2.75) is 11.6 Å². The van der Waals surface area contributed by atoms with Crippen LogP contribution in [0.5, 0.6) is 0 Å². The van der Waals surface area contributed by atoms with Crippen molar-refractivity contribution < 1.29 is 0 Å². The molecule has 3 heteroatoms. The third kappa shape index (κ3) is 6.35. The van der Waals surface area contributed by atoms with Crippen molar-refractivity contribution in [3.05, 3.63) is 295 Å². The van der Waals surface area contributed by atoms with Crippen LogP contribution in [0, 0.1) is 0 Å². The van der Waals surface area contributed by atoms with Gasteiger partial charge in [0.15, 0.2) is 5.66 Å². The molecule has 12 rings (SSSR count). The van der Waals surface area contributed by atoms with E-state index in [1.54, 1.807) is 0 Å². The molecule has 0 fully saturated rings. The fourth-order valence-electron chi connectivity index (χ4n) is 10.5. The molecule has 1 atom stereocenters. The second-order valence-corrected chi connectivity index (χ2v) is 16.9. The Morgan fingerprint density at radius 2 is 0.692 bits per heavy atom. The highest BCUT2D eigenvalue weighted by molar-refractivity contribution is 5.99. The van der Waals surface area contributed by atoms with Gasteiger partial charge in [-0.15, -0.1) is 0 Å². The number of nitrogens with zero attached hydrogens (tertiary/aromatic N) is 3. The second-order valence-electron chi connectivity index (χ2n) is 16.9. The largest absolute Gasteiger partial charge is 0.310 e. The van der Waals surface area contributed by atoms with Gasteiger partial charge in [0.1, 0.15) is 0 Å². The molecule has 0 spiro atoms. The van der Waals surface area contributed by atoms with E-state index in [1.807, 2.05) is 0 Å². The molecule has 65 heavy (non-hydrogen) atoms. The van der Waals surface area contributed by atoms with Crippen LogP contribution in [0.25, 0.3) is 22.3 Å². The average Bonchev–Trinajstić information content (AvgIpc) is 3.69. The normalized spacial score (nSPS) is 14.6. The number of hydrogen-bond acceptors (Lipinski definition) is 3. The summed E-state index contributed by atoms with van der Waals surface area (Å²) in [5.41, 5.74) is 17.7. The van der Waals surface area contributed by atoms with Crippen molar-refractivity contribution in [2.75, 3.05) is 14.7 Å². The Balaban J connectivity index is 1.24. The van der Waals surface area contributed by atoms with E-state index in [-0.39, 0.29) is 5.92 Å². The molecule has 10 aromatic carbocycles. The van der Waals surface area contributed by atoms with E-state index in [9.17, 15) is 0 Å². The van der Waals surface area contributed by atoms with E-state index in [2.05, 4.69) is 282 Å². The first kappa shape index (κ1) is 38.3. The molecule has 1 unspecified atom stereocenters. The molecule has 2 heterocycles. The maximum Gasteiger partial charge on any atom is 0.175 e. The molecule has 3 nitrogen and oxygen atoms in total. The molecule has 0 radical (unpaired) electrons. The standard InChI is InChI=1S/C62H45N3/c1-7-23-45(24-8-1)48-29-21-37-53(41-48)64-59-43-56-58(63(52-35-17-6-18-36-52)57-40-20-19-39-55(57)61(56)47-27-11-3-12-28-47)44-60(59)65(54-38-22-30-49(42-54)46-25-9-2-10-26-46)62(64,50-31-13-4-14-32-50)51-33-15-5-16-34-51/h1-44,61H. The molecular weight excluding hydrogens is 787 g/mol. The van der Waals surface area contributed by atoms with Crippen LogP contribution >= 0.6 is 0 Å². The average molecular weight is 832 g/mol. The number of rotatable bonds is 8. The van der Waals surface area contributed by atoms with Gasteiger partial charge < -0.3 is 14.7 Å². The molecule has 10 aromatic rings. The Bertz CT molecular complexity index is 3040. The number of benzene rings is 10. The Morgan fingerprint density at radius 3 is 1.23 bits per heavy atom. The number of para-hydroxylation sites is 2. The van der Waals surface area contributed by atoms with Crippen LogP contribution in [0.4, 0.5) is 39.8 Å². The molecule has 0 bridgehead atoms. The van der Waals surface area contributed by atoms with Gasteiger partial charge in [-0.25, -0.2) is 0 Å². The summed E-state index contributed by atoms with van der Waals surface area (Å²) in [7, 11) is 0. The molecule has 0 amide bonds. The maximum absolute atomic E-state index is 2.63. The van der Waals surface area contributed by atoms with Crippen LogP contribution in [0.1, 0.15) is 33.7 Å². The molecule has 2 aliphatic rings. The Labute approximate surface area is 381 Å². The van der Waals surface area contributed by atoms with E-state index in [0.29, 0.717) is 0 Å². The van der Waals surface area contributed by atoms with Gasteiger partial charge >= 0.3 is 0 Å². The lowest BCUT2D eigenvalue weighted by molar-refractivity contribution is 0.560. The predicted octanol–water partition coefficient (Wildman–Crippen LogP) is 16.2. The molecule has 0 saturated heterocycles. The summed E-state index contributed by atoms with van der Waals surface area (Å²) in [6, 6.07) is 97.8. The lowest BCUT2D eigenvalue weighted by Crippen LogP contribution is -2.51. The SMILES string of the molecule is c1ccc(-c2cccc(N3c4cc5c(cc4N(c4cccc(-c6ccccc6)c4)C3(c3ccccc3)c3ccccc3)N(c3ccccc3)c3ccccc3C5c3ccccc3)c2)cc1. The number of anilines is 7. The molecule has 0 aromatic heterocycles. The summed E-state index contributed by atoms with van der Waals surface area (Å²) in [4.78, 5) is 7.73. The molecule has 0 saturated carbocycles. The van der Waals surface area contributed by atoms with E-state index in [1.165, 1.54) is 33.5 Å². The van der Waals surface area contributed by atoms with Crippen LogP contribution in [0.3, 0.4) is 0 Å². The summed E-state index contributed by atoms with van der Waals surface area (Å²) in [6.07, 6.45) is 0.